The van der Waals surface area contributed by atoms with Crippen LogP contribution < -0.4 is 15.1 Å². The Labute approximate surface area is 132 Å². The third-order valence-electron chi connectivity index (χ3n) is 2.90. The standard InChI is InChI=1S/C14H13N3O2S.ClH/c18-14-13(9-15-8-11-6-7-20-10-11)17(16-19-14)12-4-2-1-3-5-12;/h1-7,10,15H,8-9H2;1H. The van der Waals surface area contributed by atoms with Crippen LogP contribution in [0, 0.1) is 0 Å². The number of halogens is 1. The van der Waals surface area contributed by atoms with Crippen molar-refractivity contribution in [2.24, 2.45) is 0 Å². The van der Waals surface area contributed by atoms with E-state index in [1.165, 1.54) is 10.2 Å². The van der Waals surface area contributed by atoms with Gasteiger partial charge in [0.1, 0.15) is 0 Å². The molecule has 0 unspecified atom stereocenters. The maximum absolute atomic E-state index is 11.7. The number of benzene rings is 1. The third-order valence-corrected chi connectivity index (χ3v) is 3.63. The minimum Gasteiger partial charge on any atom is -0.539 e. The molecule has 2 aromatic heterocycles. The summed E-state index contributed by atoms with van der Waals surface area (Å²) in [5, 5.41) is 22.8. The molecule has 2 heterocycles. The largest absolute Gasteiger partial charge is 0.539 e. The van der Waals surface area contributed by atoms with Crippen LogP contribution in [0.3, 0.4) is 0 Å². The molecule has 0 atom stereocenters. The highest BCUT2D eigenvalue weighted by molar-refractivity contribution is 7.07. The Hall–Kier alpha value is -1.89. The first-order valence-electron chi connectivity index (χ1n) is 6.20. The fraction of sp³-hybridized carbons (Fsp3) is 0.143. The van der Waals surface area contributed by atoms with Crippen molar-refractivity contribution in [3.63, 3.8) is 0 Å². The molecule has 0 spiro atoms. The van der Waals surface area contributed by atoms with E-state index in [2.05, 4.69) is 22.0 Å². The molecule has 3 rings (SSSR count). The fourth-order valence-corrected chi connectivity index (χ4v) is 2.57. The van der Waals surface area contributed by atoms with Gasteiger partial charge in [-0.15, -0.1) is 12.4 Å². The zero-order chi connectivity index (χ0) is 13.8. The van der Waals surface area contributed by atoms with E-state index in [1.807, 2.05) is 35.7 Å². The summed E-state index contributed by atoms with van der Waals surface area (Å²) >= 11 is 1.65. The van der Waals surface area contributed by atoms with Crippen molar-refractivity contribution < 1.29 is 14.3 Å². The van der Waals surface area contributed by atoms with Crippen molar-refractivity contribution in [3.05, 3.63) is 58.4 Å². The lowest BCUT2D eigenvalue weighted by Gasteiger charge is -2.01. The van der Waals surface area contributed by atoms with Crippen LogP contribution in [0.4, 0.5) is 0 Å². The number of hydrogen-bond acceptors (Lipinski definition) is 5. The van der Waals surface area contributed by atoms with Gasteiger partial charge < -0.3 is 14.9 Å². The lowest BCUT2D eigenvalue weighted by molar-refractivity contribution is -0.677. The maximum Gasteiger partial charge on any atom is 0.253 e. The summed E-state index contributed by atoms with van der Waals surface area (Å²) in [4.78, 5) is 0. The first kappa shape index (κ1) is 15.5. The number of hydrogen-bond donors (Lipinski definition) is 1. The smallest absolute Gasteiger partial charge is 0.253 e. The van der Waals surface area contributed by atoms with Crippen LogP contribution in [0.15, 0.2) is 51.7 Å². The van der Waals surface area contributed by atoms with Crippen LogP contribution in [-0.4, -0.2) is 5.27 Å². The van der Waals surface area contributed by atoms with Crippen molar-refractivity contribution in [1.82, 2.24) is 10.6 Å². The predicted molar refractivity (Wildman–Crippen MR) is 79.6 cm³/mol. The second-order valence-corrected chi connectivity index (χ2v) is 5.07. The van der Waals surface area contributed by atoms with Gasteiger partial charge in [-0.05, 0) is 27.1 Å². The van der Waals surface area contributed by atoms with Gasteiger partial charge in [0.15, 0.2) is 5.95 Å². The van der Waals surface area contributed by atoms with Gasteiger partial charge in [0, 0.05) is 18.7 Å². The van der Waals surface area contributed by atoms with Gasteiger partial charge in [-0.1, -0.05) is 18.2 Å². The van der Waals surface area contributed by atoms with Gasteiger partial charge in [0.05, 0.1) is 11.8 Å². The molecule has 3 aromatic rings. The molecule has 110 valence electrons. The summed E-state index contributed by atoms with van der Waals surface area (Å²) in [5.74, 6) is -0.410. The van der Waals surface area contributed by atoms with E-state index in [0.29, 0.717) is 18.8 Å². The lowest BCUT2D eigenvalue weighted by atomic mass is 10.3. The van der Waals surface area contributed by atoms with Crippen molar-refractivity contribution >= 4 is 23.7 Å². The van der Waals surface area contributed by atoms with E-state index < -0.39 is 5.95 Å². The normalized spacial score (nSPS) is 10.3. The molecule has 5 nitrogen and oxygen atoms in total. The van der Waals surface area contributed by atoms with E-state index in [9.17, 15) is 5.11 Å². The van der Waals surface area contributed by atoms with Gasteiger partial charge in [-0.3, -0.25) is 0 Å². The van der Waals surface area contributed by atoms with Crippen LogP contribution in [0.25, 0.3) is 5.69 Å². The molecular formula is C14H14ClN3O2S. The monoisotopic (exact) mass is 323 g/mol. The second kappa shape index (κ2) is 7.21. The highest BCUT2D eigenvalue weighted by Crippen LogP contribution is 2.11. The lowest BCUT2D eigenvalue weighted by Crippen LogP contribution is -2.38. The summed E-state index contributed by atoms with van der Waals surface area (Å²) in [6, 6.07) is 11.5. The molecule has 0 bridgehead atoms. The van der Waals surface area contributed by atoms with Gasteiger partial charge in [-0.2, -0.15) is 11.3 Å². The third kappa shape index (κ3) is 3.60. The first-order valence-corrected chi connectivity index (χ1v) is 7.14. The van der Waals surface area contributed by atoms with Gasteiger partial charge >= 0.3 is 0 Å². The summed E-state index contributed by atoms with van der Waals surface area (Å²) < 4.78 is 6.29. The van der Waals surface area contributed by atoms with Gasteiger partial charge in [0.2, 0.25) is 5.69 Å². The molecule has 0 fully saturated rings. The SMILES string of the molecule is Cl.[O-]c1on[n+](-c2ccccc2)c1CNCc1ccsc1. The quantitative estimate of drug-likeness (QED) is 0.727. The fourth-order valence-electron chi connectivity index (χ4n) is 1.90. The van der Waals surface area contributed by atoms with Gasteiger partial charge in [0.25, 0.3) is 5.69 Å². The van der Waals surface area contributed by atoms with E-state index in [-0.39, 0.29) is 12.4 Å². The number of nitrogens with one attached hydrogen (secondary N) is 1. The topological polar surface area (TPSA) is 65.0 Å². The van der Waals surface area contributed by atoms with Crippen molar-refractivity contribution in [1.29, 1.82) is 0 Å². The van der Waals surface area contributed by atoms with Crippen molar-refractivity contribution in [3.8, 4) is 11.6 Å². The molecule has 0 radical (unpaired) electrons. The molecule has 0 aliphatic carbocycles. The van der Waals surface area contributed by atoms with Crippen LogP contribution in [0.1, 0.15) is 11.3 Å². The van der Waals surface area contributed by atoms with E-state index in [4.69, 9.17) is 4.52 Å². The van der Waals surface area contributed by atoms with Crippen molar-refractivity contribution in [2.45, 2.75) is 13.1 Å². The van der Waals surface area contributed by atoms with Crippen molar-refractivity contribution in [2.75, 3.05) is 0 Å². The van der Waals surface area contributed by atoms with Crippen LogP contribution in [-0.2, 0) is 13.1 Å². The number of aromatic nitrogens is 2. The average molecular weight is 324 g/mol. The Morgan fingerprint density at radius 3 is 2.71 bits per heavy atom. The minimum atomic E-state index is -0.410. The number of rotatable bonds is 5. The van der Waals surface area contributed by atoms with E-state index >= 15 is 0 Å². The molecule has 7 heteroatoms. The predicted octanol–water partition coefficient (Wildman–Crippen LogP) is 1.80. The molecule has 0 aliphatic heterocycles. The Morgan fingerprint density at radius 2 is 2.00 bits per heavy atom. The zero-order valence-corrected chi connectivity index (χ0v) is 12.7. The minimum absolute atomic E-state index is 0. The molecule has 0 saturated carbocycles. The molecular weight excluding hydrogens is 310 g/mol. The Balaban J connectivity index is 0.00000161. The molecule has 0 saturated heterocycles. The Kier molecular flexibility index (Phi) is 5.32. The summed E-state index contributed by atoms with van der Waals surface area (Å²) in [7, 11) is 0. The van der Waals surface area contributed by atoms with E-state index in [1.54, 1.807) is 11.3 Å². The molecule has 0 amide bonds. The second-order valence-electron chi connectivity index (χ2n) is 4.29. The van der Waals surface area contributed by atoms with Crippen LogP contribution >= 0.6 is 23.7 Å². The Morgan fingerprint density at radius 1 is 1.19 bits per heavy atom. The van der Waals surface area contributed by atoms with Gasteiger partial charge in [-0.25, -0.2) is 0 Å². The van der Waals surface area contributed by atoms with E-state index in [0.717, 1.165) is 5.69 Å². The summed E-state index contributed by atoms with van der Waals surface area (Å²) in [6.45, 7) is 1.12. The summed E-state index contributed by atoms with van der Waals surface area (Å²) in [5.41, 5.74) is 2.50. The highest BCUT2D eigenvalue weighted by Gasteiger charge is 2.19. The molecule has 21 heavy (non-hydrogen) atoms. The average Bonchev–Trinajstić information content (AvgIpc) is 3.11. The summed E-state index contributed by atoms with van der Waals surface area (Å²) in [6.07, 6.45) is 0. The molecule has 0 aliphatic rings. The zero-order valence-electron chi connectivity index (χ0n) is 11.1. The number of para-hydroxylation sites is 1. The van der Waals surface area contributed by atoms with Crippen LogP contribution in [0.5, 0.6) is 5.95 Å². The van der Waals surface area contributed by atoms with Crippen LogP contribution in [0.2, 0.25) is 0 Å². The number of nitrogens with zero attached hydrogens (tertiary/aromatic N) is 2. The Bertz CT molecular complexity index is 671. The highest BCUT2D eigenvalue weighted by atomic mass is 35.5. The maximum atomic E-state index is 11.7. The number of thiophene rings is 1. The first-order chi connectivity index (χ1) is 9.84. The molecule has 1 N–H and O–H groups in total. The molecule has 1 aromatic carbocycles.